The van der Waals surface area contributed by atoms with Gasteiger partial charge in [0.15, 0.2) is 0 Å². The molecule has 0 radical (unpaired) electrons. The number of hydrogen-bond acceptors (Lipinski definition) is 6. The Morgan fingerprint density at radius 2 is 1.79 bits per heavy atom. The molecule has 0 unspecified atom stereocenters. The highest BCUT2D eigenvalue weighted by atomic mass is 32.2. The maximum atomic E-state index is 12.0. The lowest BCUT2D eigenvalue weighted by atomic mass is 10.0. The summed E-state index contributed by atoms with van der Waals surface area (Å²) >= 11 is 0. The predicted octanol–water partition coefficient (Wildman–Crippen LogP) is 3.21. The van der Waals surface area contributed by atoms with Crippen LogP contribution >= 0.6 is 0 Å². The van der Waals surface area contributed by atoms with Crippen molar-refractivity contribution in [2.24, 2.45) is 0 Å². The van der Waals surface area contributed by atoms with Crippen molar-refractivity contribution < 1.29 is 22.3 Å². The molecule has 0 N–H and O–H groups in total. The molecule has 1 atom stereocenters. The molecular weight excluding hydrogens is 334 g/mol. The molecule has 7 nitrogen and oxygen atoms in total. The van der Waals surface area contributed by atoms with Crippen molar-refractivity contribution in [2.45, 2.75) is 43.1 Å². The second kappa shape index (κ2) is 8.91. The number of nitro benzene ring substituents is 1. The molecule has 0 bridgehead atoms. The van der Waals surface area contributed by atoms with Crippen LogP contribution in [0.25, 0.3) is 0 Å². The van der Waals surface area contributed by atoms with Crippen LogP contribution < -0.4 is 0 Å². The van der Waals surface area contributed by atoms with Gasteiger partial charge in [0, 0.05) is 12.1 Å². The lowest BCUT2D eigenvalue weighted by Crippen LogP contribution is -2.18. The number of hydrogen-bond donors (Lipinski definition) is 0. The molecule has 0 fully saturated rings. The molecule has 2 rings (SSSR count). The molecule has 1 aromatic carbocycles. The fourth-order valence-corrected chi connectivity index (χ4v) is 3.35. The molecular formula is C16H21NO6S. The number of rotatable bonds is 7. The third-order valence-corrected chi connectivity index (χ3v) is 5.06. The van der Waals surface area contributed by atoms with Gasteiger partial charge in [0.25, 0.3) is 15.8 Å². The van der Waals surface area contributed by atoms with E-state index in [2.05, 4.69) is 12.2 Å². The number of nitrogens with zero attached hydrogens (tertiary/aromatic N) is 1. The van der Waals surface area contributed by atoms with E-state index < -0.39 is 15.0 Å². The molecule has 1 aromatic rings. The molecule has 0 amide bonds. The largest absolute Gasteiger partial charge is 0.376 e. The third kappa shape index (κ3) is 5.70. The van der Waals surface area contributed by atoms with Crippen LogP contribution in [-0.4, -0.2) is 32.7 Å². The van der Waals surface area contributed by atoms with E-state index in [4.69, 9.17) is 8.92 Å². The monoisotopic (exact) mass is 355 g/mol. The molecule has 0 heterocycles. The summed E-state index contributed by atoms with van der Waals surface area (Å²) in [6, 6.07) is 4.59. The number of ether oxygens (including phenoxy) is 1. The fourth-order valence-electron chi connectivity index (χ4n) is 2.45. The standard InChI is InChI=1S/C16H21NO6S/c18-17(19)14-8-10-16(11-9-14)24(20,21)23-13-12-22-15-6-4-2-1-3-5-7-15/h1-2,8-11,15H,3-7,12-13H2/b2-1+/t15-/m1/s1. The zero-order valence-corrected chi connectivity index (χ0v) is 14.1. The summed E-state index contributed by atoms with van der Waals surface area (Å²) in [5.41, 5.74) is -0.171. The molecule has 0 saturated carbocycles. The van der Waals surface area contributed by atoms with E-state index in [1.807, 2.05) is 0 Å². The van der Waals surface area contributed by atoms with Gasteiger partial charge in [0.2, 0.25) is 0 Å². The minimum atomic E-state index is -3.93. The Morgan fingerprint density at radius 3 is 2.50 bits per heavy atom. The SMILES string of the molecule is O=[N+]([O-])c1ccc(S(=O)(=O)OCCO[C@@H]2CC/C=C/CCC2)cc1. The Balaban J connectivity index is 1.79. The van der Waals surface area contributed by atoms with Gasteiger partial charge < -0.3 is 4.74 Å². The molecule has 1 aliphatic rings. The van der Waals surface area contributed by atoms with E-state index in [1.165, 1.54) is 0 Å². The Bertz CT molecular complexity index is 668. The van der Waals surface area contributed by atoms with Gasteiger partial charge in [-0.05, 0) is 44.2 Å². The summed E-state index contributed by atoms with van der Waals surface area (Å²) in [4.78, 5) is 9.88. The van der Waals surface area contributed by atoms with Crippen LogP contribution in [0.5, 0.6) is 0 Å². The van der Waals surface area contributed by atoms with Crippen LogP contribution in [-0.2, 0) is 19.0 Å². The van der Waals surface area contributed by atoms with Crippen molar-refractivity contribution in [1.82, 2.24) is 0 Å². The average molecular weight is 355 g/mol. The summed E-state index contributed by atoms with van der Waals surface area (Å²) < 4.78 is 34.6. The third-order valence-electron chi connectivity index (χ3n) is 3.73. The van der Waals surface area contributed by atoms with Gasteiger partial charge in [-0.15, -0.1) is 0 Å². The molecule has 8 heteroatoms. The number of benzene rings is 1. The van der Waals surface area contributed by atoms with Gasteiger partial charge in [-0.3, -0.25) is 14.3 Å². The van der Waals surface area contributed by atoms with Crippen molar-refractivity contribution in [3.63, 3.8) is 0 Å². The van der Waals surface area contributed by atoms with Crippen molar-refractivity contribution in [3.8, 4) is 0 Å². The Morgan fingerprint density at radius 1 is 1.08 bits per heavy atom. The maximum Gasteiger partial charge on any atom is 0.297 e. The van der Waals surface area contributed by atoms with E-state index >= 15 is 0 Å². The van der Waals surface area contributed by atoms with Gasteiger partial charge in [0.05, 0.1) is 29.1 Å². The highest BCUT2D eigenvalue weighted by Gasteiger charge is 2.17. The minimum absolute atomic E-state index is 0.0777. The van der Waals surface area contributed by atoms with Crippen LogP contribution in [0.3, 0.4) is 0 Å². The molecule has 1 aliphatic carbocycles. The average Bonchev–Trinajstić information content (AvgIpc) is 2.53. The van der Waals surface area contributed by atoms with Crippen molar-refractivity contribution in [2.75, 3.05) is 13.2 Å². The summed E-state index contributed by atoms with van der Waals surface area (Å²) in [7, 11) is -3.93. The fraction of sp³-hybridized carbons (Fsp3) is 0.500. The predicted molar refractivity (Wildman–Crippen MR) is 88.2 cm³/mol. The highest BCUT2D eigenvalue weighted by Crippen LogP contribution is 2.18. The van der Waals surface area contributed by atoms with Crippen LogP contribution in [0.1, 0.15) is 32.1 Å². The first-order valence-electron chi connectivity index (χ1n) is 7.89. The Labute approximate surface area is 141 Å². The first kappa shape index (κ1) is 18.6. The normalized spacial score (nSPS) is 20.1. The van der Waals surface area contributed by atoms with Gasteiger partial charge in [-0.2, -0.15) is 8.42 Å². The number of allylic oxidation sites excluding steroid dienone is 2. The lowest BCUT2D eigenvalue weighted by Gasteiger charge is -2.18. The van der Waals surface area contributed by atoms with Crippen LogP contribution in [0, 0.1) is 10.1 Å². The minimum Gasteiger partial charge on any atom is -0.376 e. The number of nitro groups is 1. The van der Waals surface area contributed by atoms with Gasteiger partial charge >= 0.3 is 0 Å². The van der Waals surface area contributed by atoms with Gasteiger partial charge in [0.1, 0.15) is 0 Å². The van der Waals surface area contributed by atoms with Crippen molar-refractivity contribution in [3.05, 3.63) is 46.5 Å². The van der Waals surface area contributed by atoms with Gasteiger partial charge in [-0.1, -0.05) is 12.2 Å². The number of non-ortho nitro benzene ring substituents is 1. The van der Waals surface area contributed by atoms with E-state index in [0.717, 1.165) is 56.4 Å². The summed E-state index contributed by atoms with van der Waals surface area (Å²) in [6.07, 6.45) is 9.40. The molecule has 0 saturated heterocycles. The Hall–Kier alpha value is -1.77. The van der Waals surface area contributed by atoms with E-state index in [1.54, 1.807) is 0 Å². The van der Waals surface area contributed by atoms with E-state index in [9.17, 15) is 18.5 Å². The van der Waals surface area contributed by atoms with Crippen LogP contribution in [0.15, 0.2) is 41.3 Å². The molecule has 0 spiro atoms. The van der Waals surface area contributed by atoms with E-state index in [-0.39, 0.29) is 29.9 Å². The molecule has 132 valence electrons. The molecule has 0 aliphatic heterocycles. The zero-order chi connectivity index (χ0) is 17.4. The smallest absolute Gasteiger partial charge is 0.297 e. The summed E-state index contributed by atoms with van der Waals surface area (Å²) in [5.74, 6) is 0. The molecule has 0 aromatic heterocycles. The highest BCUT2D eigenvalue weighted by molar-refractivity contribution is 7.86. The summed E-state index contributed by atoms with van der Waals surface area (Å²) in [6.45, 7) is 0.117. The lowest BCUT2D eigenvalue weighted by molar-refractivity contribution is -0.384. The van der Waals surface area contributed by atoms with Crippen molar-refractivity contribution >= 4 is 15.8 Å². The second-order valence-corrected chi connectivity index (χ2v) is 7.11. The summed E-state index contributed by atoms with van der Waals surface area (Å²) in [5, 5.41) is 10.6. The van der Waals surface area contributed by atoms with Crippen LogP contribution in [0.2, 0.25) is 0 Å². The first-order chi connectivity index (χ1) is 11.5. The van der Waals surface area contributed by atoms with Gasteiger partial charge in [-0.25, -0.2) is 0 Å². The van der Waals surface area contributed by atoms with Crippen molar-refractivity contribution in [1.29, 1.82) is 0 Å². The topological polar surface area (TPSA) is 95.7 Å². The van der Waals surface area contributed by atoms with E-state index in [0.29, 0.717) is 0 Å². The quantitative estimate of drug-likeness (QED) is 0.245. The zero-order valence-electron chi connectivity index (χ0n) is 13.3. The first-order valence-corrected chi connectivity index (χ1v) is 9.30. The molecule has 24 heavy (non-hydrogen) atoms. The maximum absolute atomic E-state index is 12.0. The second-order valence-electron chi connectivity index (χ2n) is 5.50. The Kier molecular flexibility index (Phi) is 6.89. The van der Waals surface area contributed by atoms with Crippen LogP contribution in [0.4, 0.5) is 5.69 Å².